The van der Waals surface area contributed by atoms with Crippen LogP contribution in [0.5, 0.6) is 0 Å². The molecule has 2 aromatic rings. The second-order valence-corrected chi connectivity index (χ2v) is 8.12. The molecule has 8 heteroatoms. The van der Waals surface area contributed by atoms with E-state index in [4.69, 9.17) is 0 Å². The summed E-state index contributed by atoms with van der Waals surface area (Å²) in [6.45, 7) is 2.32. The maximum absolute atomic E-state index is 12.0. The van der Waals surface area contributed by atoms with Crippen LogP contribution in [-0.2, 0) is 4.79 Å². The predicted octanol–water partition coefficient (Wildman–Crippen LogP) is 2.69. The van der Waals surface area contributed by atoms with Crippen molar-refractivity contribution in [3.05, 3.63) is 21.6 Å². The van der Waals surface area contributed by atoms with E-state index in [1.165, 1.54) is 34.2 Å². The fraction of sp³-hybridized carbons (Fsp3) is 0.600. The zero-order chi connectivity index (χ0) is 15.6. The van der Waals surface area contributed by atoms with E-state index in [1.54, 1.807) is 17.5 Å². The predicted molar refractivity (Wildman–Crippen MR) is 91.0 cm³/mol. The molecule has 23 heavy (non-hydrogen) atoms. The van der Waals surface area contributed by atoms with Gasteiger partial charge in [-0.25, -0.2) is 4.98 Å². The molecule has 2 aromatic heterocycles. The van der Waals surface area contributed by atoms with Crippen LogP contribution >= 0.6 is 22.7 Å². The van der Waals surface area contributed by atoms with Gasteiger partial charge in [0.25, 0.3) is 0 Å². The summed E-state index contributed by atoms with van der Waals surface area (Å²) in [5.74, 6) is 1.22. The molecule has 0 spiro atoms. The summed E-state index contributed by atoms with van der Waals surface area (Å²) < 4.78 is 0. The van der Waals surface area contributed by atoms with Gasteiger partial charge in [-0.15, -0.1) is 32.9 Å². The summed E-state index contributed by atoms with van der Waals surface area (Å²) >= 11 is 3.25. The summed E-state index contributed by atoms with van der Waals surface area (Å²) in [7, 11) is 0. The van der Waals surface area contributed by atoms with Crippen molar-refractivity contribution in [2.45, 2.75) is 37.5 Å². The number of thiazole rings is 1. The molecule has 1 saturated heterocycles. The lowest BCUT2D eigenvalue weighted by Gasteiger charge is -2.30. The smallest absolute Gasteiger partial charge is 0.240 e. The van der Waals surface area contributed by atoms with Crippen molar-refractivity contribution in [2.24, 2.45) is 0 Å². The summed E-state index contributed by atoms with van der Waals surface area (Å²) in [5.41, 5.74) is 0. The number of carbonyl (C=O) groups is 1. The fourth-order valence-electron chi connectivity index (χ4n) is 2.89. The van der Waals surface area contributed by atoms with Crippen LogP contribution < -0.4 is 5.32 Å². The van der Waals surface area contributed by atoms with Crippen molar-refractivity contribution < 1.29 is 4.79 Å². The van der Waals surface area contributed by atoms with Gasteiger partial charge in [-0.2, -0.15) is 0 Å². The Morgan fingerprint density at radius 2 is 1.87 bits per heavy atom. The van der Waals surface area contributed by atoms with E-state index in [2.05, 4.69) is 25.4 Å². The largest absolute Gasteiger partial charge is 0.301 e. The van der Waals surface area contributed by atoms with E-state index in [9.17, 15) is 4.79 Å². The highest BCUT2D eigenvalue weighted by Gasteiger charge is 2.30. The molecule has 1 aliphatic carbocycles. The maximum atomic E-state index is 12.0. The van der Waals surface area contributed by atoms with Gasteiger partial charge in [0, 0.05) is 23.4 Å². The number of amides is 1. The SMILES string of the molecule is O=C(CN1CCC(c2nnc(C3CC3)s2)CC1)Nc1nccs1. The Hall–Kier alpha value is -1.38. The second-order valence-electron chi connectivity index (χ2n) is 6.19. The van der Waals surface area contributed by atoms with Crippen LogP contribution in [0.1, 0.15) is 47.5 Å². The number of hydrogen-bond acceptors (Lipinski definition) is 7. The normalized spacial score (nSPS) is 19.8. The van der Waals surface area contributed by atoms with Gasteiger partial charge in [0.05, 0.1) is 6.54 Å². The molecule has 4 rings (SSSR count). The molecule has 6 nitrogen and oxygen atoms in total. The van der Waals surface area contributed by atoms with Gasteiger partial charge >= 0.3 is 0 Å². The van der Waals surface area contributed by atoms with Crippen LogP contribution in [0.4, 0.5) is 5.13 Å². The number of hydrogen-bond donors (Lipinski definition) is 1. The van der Waals surface area contributed by atoms with Gasteiger partial charge in [-0.05, 0) is 38.8 Å². The first-order chi connectivity index (χ1) is 11.3. The maximum Gasteiger partial charge on any atom is 0.240 e. The highest BCUT2D eigenvalue weighted by atomic mass is 32.1. The molecular formula is C15H19N5OS2. The van der Waals surface area contributed by atoms with Crippen LogP contribution in [0.3, 0.4) is 0 Å². The Bertz CT molecular complexity index is 659. The van der Waals surface area contributed by atoms with Gasteiger partial charge in [0.1, 0.15) is 10.0 Å². The second kappa shape index (κ2) is 6.62. The molecule has 3 heterocycles. The average Bonchev–Trinajstić information content (AvgIpc) is 3.07. The number of aromatic nitrogens is 3. The van der Waals surface area contributed by atoms with E-state index in [1.807, 2.05) is 5.38 Å². The minimum absolute atomic E-state index is 0.0188. The van der Waals surface area contributed by atoms with Crippen molar-refractivity contribution in [3.63, 3.8) is 0 Å². The molecule has 1 aliphatic heterocycles. The van der Waals surface area contributed by atoms with Crippen LogP contribution in [0.15, 0.2) is 11.6 Å². The standard InChI is InChI=1S/C15H19N5OS2/c21-12(17-15-16-5-8-22-15)9-20-6-3-11(4-7-20)14-19-18-13(23-14)10-1-2-10/h5,8,10-11H,1-4,6-7,9H2,(H,16,17,21). The van der Waals surface area contributed by atoms with Gasteiger partial charge in [-0.3, -0.25) is 9.69 Å². The molecule has 1 saturated carbocycles. The van der Waals surface area contributed by atoms with E-state index < -0.39 is 0 Å². The van der Waals surface area contributed by atoms with Gasteiger partial charge < -0.3 is 5.32 Å². The Kier molecular flexibility index (Phi) is 4.37. The molecular weight excluding hydrogens is 330 g/mol. The molecule has 122 valence electrons. The topological polar surface area (TPSA) is 71.0 Å². The quantitative estimate of drug-likeness (QED) is 0.899. The summed E-state index contributed by atoms with van der Waals surface area (Å²) in [4.78, 5) is 18.3. The Balaban J connectivity index is 1.26. The summed E-state index contributed by atoms with van der Waals surface area (Å²) in [5, 5.41) is 16.5. The van der Waals surface area contributed by atoms with Crippen LogP contribution in [0.2, 0.25) is 0 Å². The van der Waals surface area contributed by atoms with E-state index >= 15 is 0 Å². The Labute approximate surface area is 143 Å². The Morgan fingerprint density at radius 1 is 1.17 bits per heavy atom. The number of anilines is 1. The van der Waals surface area contributed by atoms with E-state index in [0.29, 0.717) is 23.5 Å². The van der Waals surface area contributed by atoms with Crippen LogP contribution in [0, 0.1) is 0 Å². The van der Waals surface area contributed by atoms with E-state index in [0.717, 1.165) is 25.9 Å². The summed E-state index contributed by atoms with van der Waals surface area (Å²) in [6, 6.07) is 0. The fourth-order valence-corrected chi connectivity index (χ4v) is 4.62. The highest BCUT2D eigenvalue weighted by molar-refractivity contribution is 7.13. The molecule has 0 radical (unpaired) electrons. The van der Waals surface area contributed by atoms with Crippen LogP contribution in [0.25, 0.3) is 0 Å². The van der Waals surface area contributed by atoms with Crippen molar-refractivity contribution in [3.8, 4) is 0 Å². The van der Waals surface area contributed by atoms with Gasteiger partial charge in [0.2, 0.25) is 5.91 Å². The lowest BCUT2D eigenvalue weighted by molar-refractivity contribution is -0.117. The number of nitrogens with zero attached hydrogens (tertiary/aromatic N) is 4. The number of nitrogens with one attached hydrogen (secondary N) is 1. The Morgan fingerprint density at radius 3 is 2.48 bits per heavy atom. The molecule has 0 atom stereocenters. The third-order valence-corrected chi connectivity index (χ3v) is 6.30. The third kappa shape index (κ3) is 3.76. The first-order valence-electron chi connectivity index (χ1n) is 8.03. The molecule has 2 aliphatic rings. The van der Waals surface area contributed by atoms with Crippen molar-refractivity contribution in [2.75, 3.05) is 25.0 Å². The monoisotopic (exact) mass is 349 g/mol. The minimum atomic E-state index is 0.0188. The van der Waals surface area contributed by atoms with Gasteiger partial charge in [-0.1, -0.05) is 0 Å². The number of likely N-dealkylation sites (tertiary alicyclic amines) is 1. The first kappa shape index (κ1) is 15.2. The van der Waals surface area contributed by atoms with Gasteiger partial charge in [0.15, 0.2) is 5.13 Å². The number of piperidine rings is 1. The number of carbonyl (C=O) groups excluding carboxylic acids is 1. The molecule has 1 N–H and O–H groups in total. The highest BCUT2D eigenvalue weighted by Crippen LogP contribution is 2.43. The van der Waals surface area contributed by atoms with Crippen molar-refractivity contribution in [1.82, 2.24) is 20.1 Å². The zero-order valence-electron chi connectivity index (χ0n) is 12.8. The molecule has 2 fully saturated rings. The third-order valence-electron chi connectivity index (χ3n) is 4.37. The zero-order valence-corrected chi connectivity index (χ0v) is 14.4. The lowest BCUT2D eigenvalue weighted by atomic mass is 9.98. The molecule has 0 aromatic carbocycles. The van der Waals surface area contributed by atoms with E-state index in [-0.39, 0.29) is 5.91 Å². The lowest BCUT2D eigenvalue weighted by Crippen LogP contribution is -2.38. The number of rotatable bonds is 5. The van der Waals surface area contributed by atoms with Crippen molar-refractivity contribution in [1.29, 1.82) is 0 Å². The average molecular weight is 349 g/mol. The minimum Gasteiger partial charge on any atom is -0.301 e. The molecule has 0 bridgehead atoms. The van der Waals surface area contributed by atoms with Crippen molar-refractivity contribution >= 4 is 33.7 Å². The van der Waals surface area contributed by atoms with Crippen LogP contribution in [-0.4, -0.2) is 45.6 Å². The first-order valence-corrected chi connectivity index (χ1v) is 9.72. The molecule has 0 unspecified atom stereocenters. The summed E-state index contributed by atoms with van der Waals surface area (Å²) in [6.07, 6.45) is 6.37. The molecule has 1 amide bonds.